The van der Waals surface area contributed by atoms with Crippen LogP contribution in [0.2, 0.25) is 0 Å². The van der Waals surface area contributed by atoms with E-state index in [1.807, 2.05) is 18.2 Å². The molecule has 0 atom stereocenters. The molecule has 5 aromatic rings. The standard InChI is InChI=1S/C35H29BO2/c1-35(2)31-18-10-9-12-24(31)25-20-19-22(21-32(25)35)23-11-3-4-13-26(23)33-27-14-5-7-16-29(27)34(36(37)38)30-17-8-6-15-28(30)33/h3-5,7-14,16-21,37-38H,6,15H2,1-2H3. The molecule has 0 aliphatic heterocycles. The molecule has 2 aliphatic rings. The Labute approximate surface area is 224 Å². The van der Waals surface area contributed by atoms with E-state index < -0.39 is 7.12 Å². The topological polar surface area (TPSA) is 40.5 Å². The van der Waals surface area contributed by atoms with Gasteiger partial charge in [0.1, 0.15) is 0 Å². The second-order valence-electron chi connectivity index (χ2n) is 11.0. The fourth-order valence-electron chi connectivity index (χ4n) is 6.83. The van der Waals surface area contributed by atoms with Gasteiger partial charge in [-0.15, -0.1) is 0 Å². The maximum atomic E-state index is 10.4. The van der Waals surface area contributed by atoms with Gasteiger partial charge >= 0.3 is 7.12 Å². The van der Waals surface area contributed by atoms with Crippen molar-refractivity contribution in [2.45, 2.75) is 32.1 Å². The first-order valence-electron chi connectivity index (χ1n) is 13.4. The summed E-state index contributed by atoms with van der Waals surface area (Å²) in [5, 5.41) is 22.8. The summed E-state index contributed by atoms with van der Waals surface area (Å²) in [6.07, 6.45) is 6.01. The Bertz CT molecular complexity index is 1780. The zero-order valence-corrected chi connectivity index (χ0v) is 21.7. The van der Waals surface area contributed by atoms with Gasteiger partial charge in [0.25, 0.3) is 0 Å². The Morgan fingerprint density at radius 1 is 0.684 bits per heavy atom. The molecule has 5 aromatic carbocycles. The minimum absolute atomic E-state index is 0.0630. The fraction of sp³-hybridized carbons (Fsp3) is 0.143. The third kappa shape index (κ3) is 3.29. The first kappa shape index (κ1) is 23.2. The van der Waals surface area contributed by atoms with Gasteiger partial charge in [-0.25, -0.2) is 0 Å². The van der Waals surface area contributed by atoms with E-state index in [-0.39, 0.29) is 5.41 Å². The Kier molecular flexibility index (Phi) is 5.23. The highest BCUT2D eigenvalue weighted by atomic mass is 16.4. The molecule has 2 aliphatic carbocycles. The zero-order valence-electron chi connectivity index (χ0n) is 21.7. The van der Waals surface area contributed by atoms with E-state index in [4.69, 9.17) is 0 Å². The van der Waals surface area contributed by atoms with Gasteiger partial charge in [-0.05, 0) is 90.8 Å². The van der Waals surface area contributed by atoms with Crippen molar-refractivity contribution in [3.8, 4) is 33.4 Å². The molecule has 0 aromatic heterocycles. The van der Waals surface area contributed by atoms with Gasteiger partial charge in [0.15, 0.2) is 0 Å². The summed E-state index contributed by atoms with van der Waals surface area (Å²) in [4.78, 5) is 0. The van der Waals surface area contributed by atoms with Crippen LogP contribution in [0.3, 0.4) is 0 Å². The lowest BCUT2D eigenvalue weighted by atomic mass is 9.69. The van der Waals surface area contributed by atoms with Gasteiger partial charge in [-0.1, -0.05) is 111 Å². The molecule has 7 rings (SSSR count). The van der Waals surface area contributed by atoms with Crippen molar-refractivity contribution in [3.63, 3.8) is 0 Å². The molecule has 184 valence electrons. The van der Waals surface area contributed by atoms with E-state index in [0.29, 0.717) is 5.46 Å². The number of benzene rings is 5. The van der Waals surface area contributed by atoms with E-state index in [0.717, 1.165) is 29.2 Å². The lowest BCUT2D eigenvalue weighted by Gasteiger charge is -2.25. The lowest BCUT2D eigenvalue weighted by molar-refractivity contribution is 0.426. The summed E-state index contributed by atoms with van der Waals surface area (Å²) in [6, 6.07) is 32.5. The summed E-state index contributed by atoms with van der Waals surface area (Å²) in [5.41, 5.74) is 12.8. The smallest absolute Gasteiger partial charge is 0.423 e. The van der Waals surface area contributed by atoms with Crippen LogP contribution in [-0.4, -0.2) is 17.2 Å². The average molecular weight is 492 g/mol. The van der Waals surface area contributed by atoms with E-state index in [9.17, 15) is 10.0 Å². The summed E-state index contributed by atoms with van der Waals surface area (Å²) >= 11 is 0. The molecule has 2 N–H and O–H groups in total. The van der Waals surface area contributed by atoms with Crippen LogP contribution >= 0.6 is 0 Å². The molecule has 3 heteroatoms. The van der Waals surface area contributed by atoms with Gasteiger partial charge in [0.05, 0.1) is 0 Å². The second kappa shape index (κ2) is 8.56. The fourth-order valence-corrected chi connectivity index (χ4v) is 6.83. The number of fused-ring (bicyclic) bond motifs is 5. The zero-order chi connectivity index (χ0) is 26.0. The minimum atomic E-state index is -1.53. The van der Waals surface area contributed by atoms with Crippen LogP contribution in [0.4, 0.5) is 0 Å². The van der Waals surface area contributed by atoms with Crippen molar-refractivity contribution in [1.29, 1.82) is 0 Å². The molecule has 0 fully saturated rings. The third-order valence-corrected chi connectivity index (χ3v) is 8.60. The van der Waals surface area contributed by atoms with Crippen LogP contribution in [-0.2, 0) is 11.8 Å². The SMILES string of the molecule is CC1(C)c2ccccc2-c2ccc(-c3ccccc3-c3c4c(c(B(O)O)c5ccccc35)C=CCC4)cc21. The molecule has 0 saturated heterocycles. The minimum Gasteiger partial charge on any atom is -0.423 e. The maximum Gasteiger partial charge on any atom is 0.489 e. The Morgan fingerprint density at radius 2 is 1.34 bits per heavy atom. The van der Waals surface area contributed by atoms with Crippen molar-refractivity contribution in [2.24, 2.45) is 0 Å². The first-order chi connectivity index (χ1) is 18.5. The van der Waals surface area contributed by atoms with Gasteiger partial charge in [-0.2, -0.15) is 0 Å². The molecule has 0 bridgehead atoms. The molecule has 0 unspecified atom stereocenters. The predicted molar refractivity (Wildman–Crippen MR) is 160 cm³/mol. The van der Waals surface area contributed by atoms with E-state index in [2.05, 4.69) is 98.8 Å². The van der Waals surface area contributed by atoms with Crippen LogP contribution in [0, 0.1) is 0 Å². The van der Waals surface area contributed by atoms with E-state index in [1.165, 1.54) is 50.1 Å². The molecular weight excluding hydrogens is 463 g/mol. The Hall–Kier alpha value is -3.92. The maximum absolute atomic E-state index is 10.4. The lowest BCUT2D eigenvalue weighted by Crippen LogP contribution is -2.34. The number of hydrogen-bond acceptors (Lipinski definition) is 2. The van der Waals surface area contributed by atoms with Crippen LogP contribution in [0.15, 0.2) is 97.1 Å². The summed E-state index contributed by atoms with van der Waals surface area (Å²) in [6.45, 7) is 4.64. The molecule has 2 nitrogen and oxygen atoms in total. The summed E-state index contributed by atoms with van der Waals surface area (Å²) in [7, 11) is -1.53. The van der Waals surface area contributed by atoms with Crippen molar-refractivity contribution in [1.82, 2.24) is 0 Å². The van der Waals surface area contributed by atoms with Crippen molar-refractivity contribution in [3.05, 3.63) is 119 Å². The molecule has 38 heavy (non-hydrogen) atoms. The third-order valence-electron chi connectivity index (χ3n) is 8.60. The van der Waals surface area contributed by atoms with Crippen LogP contribution in [0.5, 0.6) is 0 Å². The molecular formula is C35H29BO2. The van der Waals surface area contributed by atoms with Crippen molar-refractivity contribution < 1.29 is 10.0 Å². The quantitative estimate of drug-likeness (QED) is 0.263. The molecule has 0 heterocycles. The highest BCUT2D eigenvalue weighted by Crippen LogP contribution is 2.50. The second-order valence-corrected chi connectivity index (χ2v) is 11.0. The monoisotopic (exact) mass is 492 g/mol. The number of hydrogen-bond donors (Lipinski definition) is 2. The van der Waals surface area contributed by atoms with Gasteiger partial charge < -0.3 is 10.0 Å². The molecule has 0 amide bonds. The average Bonchev–Trinajstić information content (AvgIpc) is 3.17. The van der Waals surface area contributed by atoms with Gasteiger partial charge in [0.2, 0.25) is 0 Å². The number of allylic oxidation sites excluding steroid dienone is 1. The van der Waals surface area contributed by atoms with Crippen LogP contribution in [0.1, 0.15) is 42.5 Å². The van der Waals surface area contributed by atoms with Crippen LogP contribution in [0.25, 0.3) is 50.2 Å². The van der Waals surface area contributed by atoms with Gasteiger partial charge in [0, 0.05) is 5.41 Å². The summed E-state index contributed by atoms with van der Waals surface area (Å²) < 4.78 is 0. The highest BCUT2D eigenvalue weighted by molar-refractivity contribution is 6.63. The normalized spacial score (nSPS) is 14.7. The Morgan fingerprint density at radius 3 is 2.13 bits per heavy atom. The van der Waals surface area contributed by atoms with E-state index >= 15 is 0 Å². The van der Waals surface area contributed by atoms with Gasteiger partial charge in [-0.3, -0.25) is 0 Å². The molecule has 0 saturated carbocycles. The molecule has 0 spiro atoms. The first-order valence-corrected chi connectivity index (χ1v) is 13.4. The predicted octanol–water partition coefficient (Wildman–Crippen LogP) is 7.12. The Balaban J connectivity index is 1.50. The number of rotatable bonds is 3. The van der Waals surface area contributed by atoms with E-state index in [1.54, 1.807) is 0 Å². The highest BCUT2D eigenvalue weighted by Gasteiger charge is 2.35. The molecule has 0 radical (unpaired) electrons. The largest absolute Gasteiger partial charge is 0.489 e. The van der Waals surface area contributed by atoms with Crippen molar-refractivity contribution >= 4 is 29.4 Å². The summed E-state index contributed by atoms with van der Waals surface area (Å²) in [5.74, 6) is 0. The van der Waals surface area contributed by atoms with Crippen molar-refractivity contribution in [2.75, 3.05) is 0 Å². The van der Waals surface area contributed by atoms with Crippen LogP contribution < -0.4 is 5.46 Å².